The number of ether oxygens (including phenoxy) is 1. The van der Waals surface area contributed by atoms with Crippen molar-refractivity contribution in [3.63, 3.8) is 0 Å². The largest absolute Gasteiger partial charge is 0.480 e. The molecule has 3 aromatic rings. The minimum atomic E-state index is -4.49. The molecule has 0 spiro atoms. The number of nitrogens with zero attached hydrogens (tertiary/aromatic N) is 4. The van der Waals surface area contributed by atoms with E-state index in [9.17, 15) is 27.6 Å². The van der Waals surface area contributed by atoms with Crippen molar-refractivity contribution in [3.05, 3.63) is 48.0 Å². The number of nitrogen functional groups attached to an aromatic ring is 1. The predicted octanol–water partition coefficient (Wildman–Crippen LogP) is 3.79. The molecule has 2 aromatic heterocycles. The molecular weight excluding hydrogens is 514 g/mol. The van der Waals surface area contributed by atoms with Crippen LogP contribution in [-0.2, 0) is 26.8 Å². The lowest BCUT2D eigenvalue weighted by atomic mass is 10.1. The lowest BCUT2D eigenvalue weighted by molar-refractivity contribution is -0.142. The molecule has 0 amide bonds. The van der Waals surface area contributed by atoms with E-state index in [0.717, 1.165) is 12.1 Å². The number of carboxylic acids is 1. The fraction of sp³-hybridized carbons (Fsp3) is 0.455. The molecule has 37 heavy (non-hydrogen) atoms. The van der Waals surface area contributed by atoms with Gasteiger partial charge in [-0.15, -0.1) is 0 Å². The molecule has 11 nitrogen and oxygen atoms in total. The van der Waals surface area contributed by atoms with Crippen molar-refractivity contribution >= 4 is 30.4 Å². The Labute approximate surface area is 211 Å². The Hall–Kier alpha value is -3.06. The monoisotopic (exact) mass is 543 g/mol. The minimum absolute atomic E-state index is 0.225. The molecule has 0 aliphatic carbocycles. The number of hydrogen-bond acceptors (Lipinski definition) is 7. The SMILES string of the molecule is C[C@H](Cn1cnc2c(N)ncnc21)OC[P@@](=O)(N[C@H](C)c1ccc(C(F)(F)F)cc1)NC(C)(C)C(=O)O. The molecule has 3 atom stereocenters. The van der Waals surface area contributed by atoms with E-state index in [1.807, 2.05) is 0 Å². The van der Waals surface area contributed by atoms with Crippen molar-refractivity contribution in [2.45, 2.75) is 58.1 Å². The van der Waals surface area contributed by atoms with Gasteiger partial charge in [0.1, 0.15) is 23.7 Å². The van der Waals surface area contributed by atoms with Crippen molar-refractivity contribution in [2.24, 2.45) is 0 Å². The van der Waals surface area contributed by atoms with Gasteiger partial charge in [0.05, 0.1) is 24.5 Å². The number of carboxylic acid groups (broad SMARTS) is 1. The molecule has 0 aliphatic rings. The van der Waals surface area contributed by atoms with E-state index in [1.54, 1.807) is 18.4 Å². The summed E-state index contributed by atoms with van der Waals surface area (Å²) in [4.78, 5) is 23.9. The van der Waals surface area contributed by atoms with Crippen LogP contribution in [0.1, 0.15) is 44.9 Å². The number of halogens is 3. The summed E-state index contributed by atoms with van der Waals surface area (Å²) >= 11 is 0. The van der Waals surface area contributed by atoms with E-state index in [-0.39, 0.29) is 12.4 Å². The van der Waals surface area contributed by atoms with Gasteiger partial charge in [-0.25, -0.2) is 25.1 Å². The van der Waals surface area contributed by atoms with Crippen LogP contribution in [0.15, 0.2) is 36.9 Å². The maximum absolute atomic E-state index is 13.9. The summed E-state index contributed by atoms with van der Waals surface area (Å²) in [6.07, 6.45) is -2.58. The van der Waals surface area contributed by atoms with Crippen LogP contribution in [0, 0.1) is 0 Å². The van der Waals surface area contributed by atoms with Crippen LogP contribution in [0.5, 0.6) is 0 Å². The number of aromatic nitrogens is 4. The molecule has 0 fully saturated rings. The van der Waals surface area contributed by atoms with Gasteiger partial charge in [-0.1, -0.05) is 12.1 Å². The summed E-state index contributed by atoms with van der Waals surface area (Å²) in [5.41, 5.74) is 4.75. The third kappa shape index (κ3) is 7.04. The second kappa shape index (κ2) is 10.7. The van der Waals surface area contributed by atoms with Gasteiger partial charge in [0.25, 0.3) is 0 Å². The molecule has 3 rings (SSSR count). The Balaban J connectivity index is 1.75. The lowest BCUT2D eigenvalue weighted by Gasteiger charge is -2.32. The number of fused-ring (bicyclic) bond motifs is 1. The predicted molar refractivity (Wildman–Crippen MR) is 131 cm³/mol. The smallest absolute Gasteiger partial charge is 0.416 e. The third-order valence-electron chi connectivity index (χ3n) is 5.56. The lowest BCUT2D eigenvalue weighted by Crippen LogP contribution is -2.47. The minimum Gasteiger partial charge on any atom is -0.480 e. The molecule has 2 heterocycles. The van der Waals surface area contributed by atoms with Crippen molar-refractivity contribution in [3.8, 4) is 0 Å². The normalized spacial score (nSPS) is 15.9. The summed E-state index contributed by atoms with van der Waals surface area (Å²) in [6, 6.07) is 3.71. The van der Waals surface area contributed by atoms with Gasteiger partial charge in [-0.3, -0.25) is 9.36 Å². The number of rotatable bonds is 11. The van der Waals surface area contributed by atoms with Gasteiger partial charge < -0.3 is 20.1 Å². The van der Waals surface area contributed by atoms with Gasteiger partial charge in [0.15, 0.2) is 11.5 Å². The van der Waals surface area contributed by atoms with Crippen molar-refractivity contribution in [1.29, 1.82) is 0 Å². The Kier molecular flexibility index (Phi) is 8.27. The highest BCUT2D eigenvalue weighted by molar-refractivity contribution is 7.59. The zero-order valence-corrected chi connectivity index (χ0v) is 21.5. The molecule has 202 valence electrons. The zero-order chi connectivity index (χ0) is 27.6. The van der Waals surface area contributed by atoms with Crippen LogP contribution in [0.2, 0.25) is 0 Å². The van der Waals surface area contributed by atoms with Gasteiger partial charge in [-0.2, -0.15) is 13.2 Å². The molecule has 5 N–H and O–H groups in total. The Morgan fingerprint density at radius 1 is 1.19 bits per heavy atom. The maximum atomic E-state index is 13.9. The number of hydrogen-bond donors (Lipinski definition) is 4. The van der Waals surface area contributed by atoms with Gasteiger partial charge in [-0.05, 0) is 45.4 Å². The first-order valence-corrected chi connectivity index (χ1v) is 13.1. The fourth-order valence-electron chi connectivity index (χ4n) is 3.54. The van der Waals surface area contributed by atoms with Crippen LogP contribution in [0.25, 0.3) is 11.2 Å². The van der Waals surface area contributed by atoms with E-state index in [1.165, 1.54) is 38.6 Å². The van der Waals surface area contributed by atoms with E-state index in [2.05, 4.69) is 25.1 Å². The van der Waals surface area contributed by atoms with Gasteiger partial charge >= 0.3 is 12.1 Å². The van der Waals surface area contributed by atoms with Crippen molar-refractivity contribution in [1.82, 2.24) is 29.7 Å². The Morgan fingerprint density at radius 2 is 1.84 bits per heavy atom. The number of carbonyl (C=O) groups is 1. The molecule has 0 unspecified atom stereocenters. The van der Waals surface area contributed by atoms with Crippen LogP contribution in [-0.4, -0.2) is 48.6 Å². The summed E-state index contributed by atoms with van der Waals surface area (Å²) in [6.45, 7) is 6.29. The summed E-state index contributed by atoms with van der Waals surface area (Å²) in [5, 5.41) is 15.0. The first kappa shape index (κ1) is 28.5. The number of nitrogens with one attached hydrogen (secondary N) is 2. The number of nitrogens with two attached hydrogens (primary N) is 1. The topological polar surface area (TPSA) is 157 Å². The molecule has 0 aliphatic heterocycles. The number of aliphatic carboxylic acids is 1. The summed E-state index contributed by atoms with van der Waals surface area (Å²) in [5.74, 6) is -1.02. The molecule has 1 aromatic carbocycles. The van der Waals surface area contributed by atoms with Crippen LogP contribution >= 0.6 is 7.44 Å². The first-order chi connectivity index (χ1) is 17.1. The third-order valence-corrected chi connectivity index (χ3v) is 7.80. The molecule has 0 saturated heterocycles. The Morgan fingerprint density at radius 3 is 2.43 bits per heavy atom. The maximum Gasteiger partial charge on any atom is 0.416 e. The number of imidazole rings is 1. The zero-order valence-electron chi connectivity index (χ0n) is 20.7. The molecule has 0 bridgehead atoms. The summed E-state index contributed by atoms with van der Waals surface area (Å²) in [7, 11) is -3.76. The number of anilines is 1. The number of benzene rings is 1. The molecule has 0 radical (unpaired) electrons. The second-order valence-electron chi connectivity index (χ2n) is 9.19. The fourth-order valence-corrected chi connectivity index (χ4v) is 5.98. The molecular formula is C22H29F3N7O4P. The highest BCUT2D eigenvalue weighted by atomic mass is 31.2. The summed E-state index contributed by atoms with van der Waals surface area (Å²) < 4.78 is 60.1. The van der Waals surface area contributed by atoms with Gasteiger partial charge in [0.2, 0.25) is 7.44 Å². The second-order valence-corrected chi connectivity index (χ2v) is 11.4. The molecule has 0 saturated carbocycles. The van der Waals surface area contributed by atoms with E-state index in [4.69, 9.17) is 10.5 Å². The van der Waals surface area contributed by atoms with Crippen LogP contribution in [0.3, 0.4) is 0 Å². The van der Waals surface area contributed by atoms with E-state index in [0.29, 0.717) is 16.7 Å². The van der Waals surface area contributed by atoms with Gasteiger partial charge in [0, 0.05) is 6.04 Å². The average molecular weight is 543 g/mol. The number of alkyl halides is 3. The Bertz CT molecular complexity index is 1300. The highest BCUT2D eigenvalue weighted by Gasteiger charge is 2.37. The van der Waals surface area contributed by atoms with E-state index >= 15 is 0 Å². The van der Waals surface area contributed by atoms with Crippen molar-refractivity contribution in [2.75, 3.05) is 12.1 Å². The average Bonchev–Trinajstić information content (AvgIpc) is 3.21. The molecule has 15 heteroatoms. The van der Waals surface area contributed by atoms with E-state index < -0.39 is 49.2 Å². The van der Waals surface area contributed by atoms with Crippen LogP contribution in [0.4, 0.5) is 19.0 Å². The standard InChI is InChI=1S/C22H29F3N7O4P/c1-13(9-32-11-29-17-18(26)27-10-28-19(17)32)36-12-37(35,31-21(3,4)20(33)34)30-14(2)15-5-7-16(8-6-15)22(23,24)25/h5-8,10-11,13-14H,9,12H2,1-4H3,(H,33,34)(H2,26,27,28)(H2,30,31,35)/t13-,14-,37-/m1/s1. The van der Waals surface area contributed by atoms with Crippen molar-refractivity contribution < 1.29 is 32.4 Å². The first-order valence-electron chi connectivity index (χ1n) is 11.2. The quantitative estimate of drug-likeness (QED) is 0.262. The highest BCUT2D eigenvalue weighted by Crippen LogP contribution is 2.42. The van der Waals surface area contributed by atoms with Crippen LogP contribution < -0.4 is 15.9 Å².